The second-order valence-corrected chi connectivity index (χ2v) is 4.67. The largest absolute Gasteiger partial charge is 0.312 e. The molecular weight excluding hydrogens is 218 g/mol. The van der Waals surface area contributed by atoms with E-state index in [1.54, 1.807) is 0 Å². The van der Waals surface area contributed by atoms with Crippen LogP contribution in [-0.4, -0.2) is 16.6 Å². The Morgan fingerprint density at radius 1 is 1.31 bits per heavy atom. The SMILES string of the molecule is CNC(Cc1ccc(C)cc1)c1cnns1. The quantitative estimate of drug-likeness (QED) is 0.881. The van der Waals surface area contributed by atoms with E-state index in [0.29, 0.717) is 6.04 Å². The van der Waals surface area contributed by atoms with Crippen LogP contribution < -0.4 is 5.32 Å². The molecule has 2 rings (SSSR count). The summed E-state index contributed by atoms with van der Waals surface area (Å²) < 4.78 is 3.90. The molecule has 1 aromatic heterocycles. The number of nitrogens with zero attached hydrogens (tertiary/aromatic N) is 2. The summed E-state index contributed by atoms with van der Waals surface area (Å²) in [6.07, 6.45) is 2.81. The van der Waals surface area contributed by atoms with E-state index in [-0.39, 0.29) is 0 Å². The summed E-state index contributed by atoms with van der Waals surface area (Å²) in [6, 6.07) is 8.95. The first-order valence-electron chi connectivity index (χ1n) is 5.29. The standard InChI is InChI=1S/C12H15N3S/c1-9-3-5-10(6-4-9)7-11(13-2)12-8-14-15-16-12/h3-6,8,11,13H,7H2,1-2H3. The topological polar surface area (TPSA) is 37.8 Å². The molecule has 0 aliphatic rings. The first kappa shape index (κ1) is 11.2. The van der Waals surface area contributed by atoms with Gasteiger partial charge in [0.2, 0.25) is 0 Å². The summed E-state index contributed by atoms with van der Waals surface area (Å²) >= 11 is 1.45. The summed E-state index contributed by atoms with van der Waals surface area (Å²) in [4.78, 5) is 1.18. The Morgan fingerprint density at radius 3 is 2.62 bits per heavy atom. The summed E-state index contributed by atoms with van der Waals surface area (Å²) in [6.45, 7) is 2.10. The van der Waals surface area contributed by atoms with Gasteiger partial charge in [0.1, 0.15) is 0 Å². The number of aromatic nitrogens is 2. The van der Waals surface area contributed by atoms with Crippen LogP contribution in [0.1, 0.15) is 22.0 Å². The number of nitrogens with one attached hydrogen (secondary N) is 1. The summed E-state index contributed by atoms with van der Waals surface area (Å²) in [5.74, 6) is 0. The maximum Gasteiger partial charge on any atom is 0.0669 e. The number of likely N-dealkylation sites (N-methyl/N-ethyl adjacent to an activating group) is 1. The number of hydrogen-bond acceptors (Lipinski definition) is 4. The fraction of sp³-hybridized carbons (Fsp3) is 0.333. The van der Waals surface area contributed by atoms with Crippen molar-refractivity contribution in [3.8, 4) is 0 Å². The lowest BCUT2D eigenvalue weighted by Gasteiger charge is -2.13. The highest BCUT2D eigenvalue weighted by atomic mass is 32.1. The van der Waals surface area contributed by atoms with Crippen LogP contribution in [-0.2, 0) is 6.42 Å². The molecule has 0 fully saturated rings. The lowest BCUT2D eigenvalue weighted by molar-refractivity contribution is 0.601. The summed E-state index contributed by atoms with van der Waals surface area (Å²) in [7, 11) is 1.97. The zero-order valence-electron chi connectivity index (χ0n) is 9.47. The molecule has 4 heteroatoms. The molecule has 0 saturated carbocycles. The van der Waals surface area contributed by atoms with E-state index >= 15 is 0 Å². The predicted octanol–water partition coefficient (Wildman–Crippen LogP) is 2.35. The molecule has 16 heavy (non-hydrogen) atoms. The van der Waals surface area contributed by atoms with E-state index in [0.717, 1.165) is 6.42 Å². The van der Waals surface area contributed by atoms with Gasteiger partial charge in [0.25, 0.3) is 0 Å². The third-order valence-corrected chi connectivity index (χ3v) is 3.41. The van der Waals surface area contributed by atoms with Gasteiger partial charge < -0.3 is 5.32 Å². The van der Waals surface area contributed by atoms with E-state index < -0.39 is 0 Å². The van der Waals surface area contributed by atoms with Gasteiger partial charge in [-0.3, -0.25) is 0 Å². The molecule has 84 valence electrons. The molecule has 1 heterocycles. The maximum absolute atomic E-state index is 3.90. The second-order valence-electron chi connectivity index (χ2n) is 3.85. The summed E-state index contributed by atoms with van der Waals surface area (Å²) in [5, 5.41) is 7.17. The van der Waals surface area contributed by atoms with Crippen molar-refractivity contribution < 1.29 is 0 Å². The van der Waals surface area contributed by atoms with Crippen molar-refractivity contribution in [3.05, 3.63) is 46.5 Å². The minimum absolute atomic E-state index is 0.308. The minimum atomic E-state index is 0.308. The Labute approximate surface area is 99.7 Å². The average Bonchev–Trinajstić information content (AvgIpc) is 2.82. The van der Waals surface area contributed by atoms with Gasteiger partial charge in [-0.25, -0.2) is 0 Å². The van der Waals surface area contributed by atoms with Gasteiger partial charge in [-0.1, -0.05) is 34.3 Å². The van der Waals surface area contributed by atoms with Crippen LogP contribution in [0.25, 0.3) is 0 Å². The van der Waals surface area contributed by atoms with E-state index in [9.17, 15) is 0 Å². The van der Waals surface area contributed by atoms with Gasteiger partial charge in [0.15, 0.2) is 0 Å². The zero-order chi connectivity index (χ0) is 11.4. The Morgan fingerprint density at radius 2 is 2.06 bits per heavy atom. The highest BCUT2D eigenvalue weighted by molar-refractivity contribution is 7.05. The lowest BCUT2D eigenvalue weighted by Crippen LogP contribution is -2.17. The zero-order valence-corrected chi connectivity index (χ0v) is 10.3. The van der Waals surface area contributed by atoms with Gasteiger partial charge >= 0.3 is 0 Å². The monoisotopic (exact) mass is 233 g/mol. The van der Waals surface area contributed by atoms with Crippen LogP contribution in [0.15, 0.2) is 30.5 Å². The summed E-state index contributed by atoms with van der Waals surface area (Å²) in [5.41, 5.74) is 2.63. The lowest BCUT2D eigenvalue weighted by atomic mass is 10.0. The van der Waals surface area contributed by atoms with Crippen molar-refractivity contribution in [1.82, 2.24) is 14.9 Å². The van der Waals surface area contributed by atoms with E-state index in [2.05, 4.69) is 46.1 Å². The fourth-order valence-corrected chi connectivity index (χ4v) is 2.24. The van der Waals surface area contributed by atoms with Crippen LogP contribution in [0.4, 0.5) is 0 Å². The molecule has 3 nitrogen and oxygen atoms in total. The predicted molar refractivity (Wildman–Crippen MR) is 66.6 cm³/mol. The Balaban J connectivity index is 2.10. The smallest absolute Gasteiger partial charge is 0.0669 e. The fourth-order valence-electron chi connectivity index (χ4n) is 1.63. The number of benzene rings is 1. The van der Waals surface area contributed by atoms with E-state index in [1.807, 2.05) is 13.2 Å². The molecule has 0 saturated heterocycles. The van der Waals surface area contributed by atoms with Gasteiger partial charge in [-0.15, -0.1) is 5.10 Å². The Hall–Kier alpha value is -1.26. The normalized spacial score (nSPS) is 12.6. The Kier molecular flexibility index (Phi) is 3.64. The number of rotatable bonds is 4. The van der Waals surface area contributed by atoms with Crippen molar-refractivity contribution in [2.24, 2.45) is 0 Å². The Bertz CT molecular complexity index is 422. The average molecular weight is 233 g/mol. The molecule has 0 amide bonds. The van der Waals surface area contributed by atoms with Crippen LogP contribution in [0.5, 0.6) is 0 Å². The first-order chi connectivity index (χ1) is 7.79. The number of hydrogen-bond donors (Lipinski definition) is 1. The van der Waals surface area contributed by atoms with Gasteiger partial charge in [-0.2, -0.15) is 0 Å². The minimum Gasteiger partial charge on any atom is -0.312 e. The van der Waals surface area contributed by atoms with Crippen LogP contribution in [0.2, 0.25) is 0 Å². The molecule has 2 aromatic rings. The van der Waals surface area contributed by atoms with Gasteiger partial charge in [0, 0.05) is 6.04 Å². The van der Waals surface area contributed by atoms with E-state index in [1.165, 1.54) is 27.5 Å². The van der Waals surface area contributed by atoms with Crippen LogP contribution in [0.3, 0.4) is 0 Å². The second kappa shape index (κ2) is 5.18. The van der Waals surface area contributed by atoms with Crippen molar-refractivity contribution >= 4 is 11.5 Å². The van der Waals surface area contributed by atoms with Crippen LogP contribution in [0, 0.1) is 6.92 Å². The number of aryl methyl sites for hydroxylation is 1. The first-order valence-corrected chi connectivity index (χ1v) is 6.07. The van der Waals surface area contributed by atoms with Crippen molar-refractivity contribution in [3.63, 3.8) is 0 Å². The van der Waals surface area contributed by atoms with Crippen molar-refractivity contribution in [1.29, 1.82) is 0 Å². The van der Waals surface area contributed by atoms with Gasteiger partial charge in [-0.05, 0) is 37.5 Å². The van der Waals surface area contributed by atoms with E-state index in [4.69, 9.17) is 0 Å². The molecular formula is C12H15N3S. The molecule has 0 aliphatic heterocycles. The molecule has 0 aliphatic carbocycles. The molecule has 0 bridgehead atoms. The molecule has 1 atom stereocenters. The highest BCUT2D eigenvalue weighted by Crippen LogP contribution is 2.20. The van der Waals surface area contributed by atoms with Crippen molar-refractivity contribution in [2.75, 3.05) is 7.05 Å². The molecule has 1 unspecified atom stereocenters. The molecule has 1 aromatic carbocycles. The third kappa shape index (κ3) is 2.65. The third-order valence-electron chi connectivity index (χ3n) is 2.63. The highest BCUT2D eigenvalue weighted by Gasteiger charge is 2.12. The molecule has 0 radical (unpaired) electrons. The van der Waals surface area contributed by atoms with Gasteiger partial charge in [0.05, 0.1) is 11.1 Å². The molecule has 1 N–H and O–H groups in total. The van der Waals surface area contributed by atoms with Crippen molar-refractivity contribution in [2.45, 2.75) is 19.4 Å². The molecule has 0 spiro atoms. The maximum atomic E-state index is 3.90. The van der Waals surface area contributed by atoms with Crippen LogP contribution >= 0.6 is 11.5 Å².